The molecule has 0 aliphatic heterocycles. The van der Waals surface area contributed by atoms with Gasteiger partial charge in [-0.1, -0.05) is 56.3 Å². The summed E-state index contributed by atoms with van der Waals surface area (Å²) in [6.45, 7) is 7.73. The number of hydrogen-bond donors (Lipinski definition) is 1. The van der Waals surface area contributed by atoms with Crippen LogP contribution in [-0.2, 0) is 0 Å². The Kier molecular flexibility index (Phi) is 7.31. The fraction of sp³-hybridized carbons (Fsp3) is 0.292. The molecule has 0 bridgehead atoms. The first-order chi connectivity index (χ1) is 15.0. The fourth-order valence-corrected chi connectivity index (χ4v) is 3.64. The van der Waals surface area contributed by atoms with E-state index in [1.165, 1.54) is 16.8 Å². The molecule has 1 aromatic heterocycles. The number of nitrogens with one attached hydrogen (secondary N) is 1. The number of amides is 1. The number of benzene rings is 2. The van der Waals surface area contributed by atoms with Crippen LogP contribution < -0.4 is 10.7 Å². The highest BCUT2D eigenvalue weighted by molar-refractivity contribution is 5.92. The Hall–Kier alpha value is -3.32. The van der Waals surface area contributed by atoms with Crippen molar-refractivity contribution in [2.45, 2.75) is 26.8 Å². The van der Waals surface area contributed by atoms with Gasteiger partial charge in [0.15, 0.2) is 5.69 Å². The topological polar surface area (TPSA) is 67.2 Å². The van der Waals surface area contributed by atoms with Gasteiger partial charge in [-0.05, 0) is 37.7 Å². The second kappa shape index (κ2) is 10.1. The van der Waals surface area contributed by atoms with Crippen molar-refractivity contribution in [3.8, 4) is 5.69 Å². The van der Waals surface area contributed by atoms with E-state index in [1.54, 1.807) is 25.1 Å². The van der Waals surface area contributed by atoms with Gasteiger partial charge >= 0.3 is 0 Å². The van der Waals surface area contributed by atoms with E-state index < -0.39 is 17.2 Å². The maximum absolute atomic E-state index is 14.3. The lowest BCUT2D eigenvalue weighted by Crippen LogP contribution is -2.40. The minimum Gasteiger partial charge on any atom is -0.349 e. The number of rotatable bonds is 8. The van der Waals surface area contributed by atoms with Crippen LogP contribution in [-0.4, -0.2) is 40.2 Å². The third-order valence-corrected chi connectivity index (χ3v) is 5.30. The van der Waals surface area contributed by atoms with Crippen molar-refractivity contribution in [2.75, 3.05) is 19.6 Å². The maximum atomic E-state index is 14.3. The number of hydrogen-bond acceptors (Lipinski definition) is 4. The lowest BCUT2D eigenvalue weighted by atomic mass is 10.0. The van der Waals surface area contributed by atoms with E-state index in [4.69, 9.17) is 0 Å². The van der Waals surface area contributed by atoms with Crippen LogP contribution in [0.15, 0.2) is 65.5 Å². The van der Waals surface area contributed by atoms with Crippen LogP contribution in [0, 0.1) is 12.7 Å². The summed E-state index contributed by atoms with van der Waals surface area (Å²) in [7, 11) is 0. The Balaban J connectivity index is 1.88. The van der Waals surface area contributed by atoms with Crippen molar-refractivity contribution in [1.82, 2.24) is 20.0 Å². The standard InChI is InChI=1S/C24H27FN4O2/c1-4-28(5-2)21(18-11-7-6-8-12-18)16-26-24(31)23-22(30)15-17(3)29(27-23)20-14-10-9-13-19(20)25/h6-15,21H,4-5,16H2,1-3H3,(H,26,31). The normalized spacial score (nSPS) is 12.0. The van der Waals surface area contributed by atoms with E-state index in [1.807, 2.05) is 30.3 Å². The molecule has 0 saturated heterocycles. The summed E-state index contributed by atoms with van der Waals surface area (Å²) in [4.78, 5) is 27.6. The highest BCUT2D eigenvalue weighted by Gasteiger charge is 2.21. The average molecular weight is 423 g/mol. The van der Waals surface area contributed by atoms with Crippen LogP contribution in [0.25, 0.3) is 5.69 Å². The molecule has 2 aromatic carbocycles. The first-order valence-corrected chi connectivity index (χ1v) is 10.4. The zero-order chi connectivity index (χ0) is 22.4. The summed E-state index contributed by atoms with van der Waals surface area (Å²) in [6.07, 6.45) is 0. The molecule has 1 heterocycles. The second-order valence-corrected chi connectivity index (χ2v) is 7.22. The molecule has 0 radical (unpaired) electrons. The van der Waals surface area contributed by atoms with Gasteiger partial charge in [0.05, 0.1) is 6.04 Å². The Labute approximate surface area is 181 Å². The van der Waals surface area contributed by atoms with Crippen LogP contribution in [0.5, 0.6) is 0 Å². The maximum Gasteiger partial charge on any atom is 0.275 e. The largest absolute Gasteiger partial charge is 0.349 e. The van der Waals surface area contributed by atoms with Crippen molar-refractivity contribution >= 4 is 5.91 Å². The quantitative estimate of drug-likeness (QED) is 0.603. The summed E-state index contributed by atoms with van der Waals surface area (Å²) in [5.74, 6) is -1.07. The molecule has 1 atom stereocenters. The number of para-hydroxylation sites is 1. The number of halogens is 1. The molecule has 0 fully saturated rings. The molecule has 1 amide bonds. The van der Waals surface area contributed by atoms with Gasteiger partial charge in [0.2, 0.25) is 5.43 Å². The lowest BCUT2D eigenvalue weighted by molar-refractivity contribution is 0.0927. The third kappa shape index (κ3) is 5.06. The first-order valence-electron chi connectivity index (χ1n) is 10.4. The van der Waals surface area contributed by atoms with Gasteiger partial charge in [0.25, 0.3) is 5.91 Å². The van der Waals surface area contributed by atoms with E-state index >= 15 is 0 Å². The third-order valence-electron chi connectivity index (χ3n) is 5.30. The molecule has 1 N–H and O–H groups in total. The predicted octanol–water partition coefficient (Wildman–Crippen LogP) is 3.49. The Morgan fingerprint density at radius 3 is 2.39 bits per heavy atom. The number of aryl methyl sites for hydroxylation is 1. The minimum absolute atomic E-state index is 0.0422. The summed E-state index contributed by atoms with van der Waals surface area (Å²) >= 11 is 0. The Morgan fingerprint density at radius 2 is 1.74 bits per heavy atom. The SMILES string of the molecule is CCN(CC)C(CNC(=O)c1nn(-c2ccccc2F)c(C)cc1=O)c1ccccc1. The van der Waals surface area contributed by atoms with Gasteiger partial charge in [-0.3, -0.25) is 14.5 Å². The van der Waals surface area contributed by atoms with E-state index in [9.17, 15) is 14.0 Å². The van der Waals surface area contributed by atoms with Gasteiger partial charge in [0.1, 0.15) is 11.5 Å². The van der Waals surface area contributed by atoms with Crippen LogP contribution in [0.4, 0.5) is 4.39 Å². The first kappa shape index (κ1) is 22.4. The van der Waals surface area contributed by atoms with Crippen LogP contribution >= 0.6 is 0 Å². The highest BCUT2D eigenvalue weighted by atomic mass is 19.1. The molecule has 6 nitrogen and oxygen atoms in total. The Bertz CT molecular complexity index is 1090. The molecule has 31 heavy (non-hydrogen) atoms. The molecule has 7 heteroatoms. The van der Waals surface area contributed by atoms with Crippen LogP contribution in [0.3, 0.4) is 0 Å². The number of likely N-dealkylation sites (N-methyl/N-ethyl adjacent to an activating group) is 1. The van der Waals surface area contributed by atoms with Crippen molar-refractivity contribution < 1.29 is 9.18 Å². The molecule has 1 unspecified atom stereocenters. The summed E-state index contributed by atoms with van der Waals surface area (Å²) in [5, 5.41) is 7.03. The molecular weight excluding hydrogens is 395 g/mol. The monoisotopic (exact) mass is 422 g/mol. The Morgan fingerprint density at radius 1 is 1.10 bits per heavy atom. The zero-order valence-electron chi connectivity index (χ0n) is 18.0. The number of nitrogens with zero attached hydrogens (tertiary/aromatic N) is 3. The molecule has 0 aliphatic carbocycles. The summed E-state index contributed by atoms with van der Waals surface area (Å²) in [6, 6.07) is 17.3. The summed E-state index contributed by atoms with van der Waals surface area (Å²) in [5.41, 5.74) is 0.936. The lowest BCUT2D eigenvalue weighted by Gasteiger charge is -2.30. The molecule has 3 rings (SSSR count). The van der Waals surface area contributed by atoms with Crippen molar-refractivity contribution in [3.05, 3.63) is 93.7 Å². The minimum atomic E-state index is -0.580. The molecular formula is C24H27FN4O2. The molecule has 0 aliphatic rings. The van der Waals surface area contributed by atoms with Gasteiger partial charge in [-0.15, -0.1) is 0 Å². The van der Waals surface area contributed by atoms with Gasteiger partial charge < -0.3 is 5.32 Å². The number of carbonyl (C=O) groups excluding carboxylic acids is 1. The number of aromatic nitrogens is 2. The molecule has 3 aromatic rings. The van der Waals surface area contributed by atoms with Crippen molar-refractivity contribution in [2.24, 2.45) is 0 Å². The zero-order valence-corrected chi connectivity index (χ0v) is 18.0. The van der Waals surface area contributed by atoms with E-state index in [-0.39, 0.29) is 17.4 Å². The van der Waals surface area contributed by atoms with Gasteiger partial charge in [-0.25, -0.2) is 9.07 Å². The van der Waals surface area contributed by atoms with Crippen molar-refractivity contribution in [1.29, 1.82) is 0 Å². The molecule has 0 saturated carbocycles. The summed E-state index contributed by atoms with van der Waals surface area (Å²) < 4.78 is 15.5. The van der Waals surface area contributed by atoms with Gasteiger partial charge in [0, 0.05) is 18.3 Å². The van der Waals surface area contributed by atoms with E-state index in [0.29, 0.717) is 12.2 Å². The van der Waals surface area contributed by atoms with Gasteiger partial charge in [-0.2, -0.15) is 5.10 Å². The van der Waals surface area contributed by atoms with E-state index in [0.717, 1.165) is 18.7 Å². The smallest absolute Gasteiger partial charge is 0.275 e. The van der Waals surface area contributed by atoms with E-state index in [2.05, 4.69) is 29.2 Å². The van der Waals surface area contributed by atoms with Crippen molar-refractivity contribution in [3.63, 3.8) is 0 Å². The number of carbonyl (C=O) groups is 1. The van der Waals surface area contributed by atoms with Crippen LogP contribution in [0.2, 0.25) is 0 Å². The molecule has 162 valence electrons. The second-order valence-electron chi connectivity index (χ2n) is 7.22. The highest BCUT2D eigenvalue weighted by Crippen LogP contribution is 2.19. The average Bonchev–Trinajstić information content (AvgIpc) is 2.78. The molecule has 0 spiro atoms. The predicted molar refractivity (Wildman–Crippen MR) is 119 cm³/mol. The fourth-order valence-electron chi connectivity index (χ4n) is 3.64. The van der Waals surface area contributed by atoms with Crippen LogP contribution in [0.1, 0.15) is 41.6 Å².